The lowest BCUT2D eigenvalue weighted by molar-refractivity contribution is 0.448. The van der Waals surface area contributed by atoms with Crippen LogP contribution in [0.3, 0.4) is 0 Å². The summed E-state index contributed by atoms with van der Waals surface area (Å²) in [6.07, 6.45) is 0. The van der Waals surface area contributed by atoms with Gasteiger partial charge in [0.25, 0.3) is 0 Å². The normalized spacial score (nSPS) is 16.6. The molecule has 9 rings (SSSR count). The van der Waals surface area contributed by atoms with Crippen LogP contribution in [-0.2, 0) is 0 Å². The molecule has 3 aliphatic rings. The number of thiol groups is 2. The molecule has 2 spiro atoms. The fourth-order valence-electron chi connectivity index (χ4n) is 5.63. The van der Waals surface area contributed by atoms with Crippen molar-refractivity contribution < 1.29 is 27.1 Å². The number of hydrogen-bond acceptors (Lipinski definition) is 11. The summed E-state index contributed by atoms with van der Waals surface area (Å²) in [4.78, 5) is 1.51. The van der Waals surface area contributed by atoms with Crippen LogP contribution >= 0.6 is 48.2 Å². The van der Waals surface area contributed by atoms with Crippen molar-refractivity contribution in [1.82, 2.24) is 0 Å². The van der Waals surface area contributed by atoms with Gasteiger partial charge in [-0.15, -0.1) is 25.3 Å². The number of para-hydroxylation sites is 4. The van der Waals surface area contributed by atoms with E-state index in [-0.39, 0.29) is 0 Å². The Morgan fingerprint density at radius 3 is 1.06 bits per heavy atom. The van der Waals surface area contributed by atoms with Gasteiger partial charge in [0, 0.05) is 32.0 Å². The molecule has 50 heavy (non-hydrogen) atoms. The molecule has 0 atom stereocenters. The van der Waals surface area contributed by atoms with Gasteiger partial charge in [-0.25, -0.2) is 0 Å². The molecule has 14 heteroatoms. The van der Waals surface area contributed by atoms with Gasteiger partial charge in [-0.2, -0.15) is 0 Å². The third-order valence-electron chi connectivity index (χ3n) is 7.80. The highest BCUT2D eigenvalue weighted by molar-refractivity contribution is 7.80. The molecule has 6 aromatic carbocycles. The van der Waals surface area contributed by atoms with E-state index in [0.717, 1.165) is 32.0 Å². The number of nitrogens with zero attached hydrogens (tertiary/aromatic N) is 3. The van der Waals surface area contributed by atoms with Gasteiger partial charge in [-0.05, 0) is 72.8 Å². The largest absolute Gasteiger partial charge is 0.460 e. The molecule has 0 saturated heterocycles. The number of benzene rings is 6. The first-order valence-electron chi connectivity index (χ1n) is 15.4. The summed E-state index contributed by atoms with van der Waals surface area (Å²) in [6.45, 7) is 0. The van der Waals surface area contributed by atoms with Gasteiger partial charge in [0.05, 0.1) is 0 Å². The van der Waals surface area contributed by atoms with Crippen molar-refractivity contribution in [3.8, 4) is 56.8 Å². The highest BCUT2D eigenvalue weighted by Gasteiger charge is 2.50. The number of fused-ring (bicyclic) bond motifs is 6. The summed E-state index contributed by atoms with van der Waals surface area (Å²) in [6, 6.07) is 45.0. The van der Waals surface area contributed by atoms with Gasteiger partial charge >= 0.3 is 23.0 Å². The molecule has 0 N–H and O–H groups in total. The van der Waals surface area contributed by atoms with Crippen LogP contribution in [0.4, 0.5) is 0 Å². The van der Waals surface area contributed by atoms with Crippen LogP contribution in [0.5, 0.6) is 34.5 Å². The zero-order chi connectivity index (χ0) is 33.8. The topological polar surface area (TPSA) is 92.5 Å². The molecule has 248 valence electrons. The Kier molecular flexibility index (Phi) is 7.79. The Balaban J connectivity index is 1.37. The average molecular weight is 754 g/mol. The fraction of sp³-hybridized carbons (Fsp3) is 0. The fourth-order valence-corrected chi connectivity index (χ4v) is 15.1. The molecule has 9 nitrogen and oxygen atoms in total. The van der Waals surface area contributed by atoms with Crippen LogP contribution in [-0.4, -0.2) is 0 Å². The summed E-state index contributed by atoms with van der Waals surface area (Å²) in [5, 5.41) is 0. The molecule has 3 aliphatic heterocycles. The number of rotatable bonds is 4. The first-order chi connectivity index (χ1) is 24.4. The first-order valence-corrected chi connectivity index (χ1v) is 20.9. The highest BCUT2D eigenvalue weighted by atomic mass is 32.1. The maximum atomic E-state index is 6.89. The van der Waals surface area contributed by atoms with Crippen molar-refractivity contribution >= 4 is 48.2 Å². The van der Waals surface area contributed by atoms with E-state index in [0.29, 0.717) is 34.5 Å². The second kappa shape index (κ2) is 12.4. The Hall–Kier alpha value is -4.49. The second-order valence-corrected chi connectivity index (χ2v) is 18.5. The van der Waals surface area contributed by atoms with E-state index in [1.54, 1.807) is 24.3 Å². The molecule has 0 amide bonds. The van der Waals surface area contributed by atoms with Crippen molar-refractivity contribution in [2.75, 3.05) is 0 Å². The highest BCUT2D eigenvalue weighted by Crippen LogP contribution is 2.80. The molecule has 3 heterocycles. The summed E-state index contributed by atoms with van der Waals surface area (Å²) >= 11 is 8.96. The minimum atomic E-state index is -3.91. The first kappa shape index (κ1) is 31.5. The molecule has 0 saturated carbocycles. The van der Waals surface area contributed by atoms with Crippen molar-refractivity contribution in [1.29, 1.82) is 0 Å². The lowest BCUT2D eigenvalue weighted by atomic mass is 10.0. The average Bonchev–Trinajstić information content (AvgIpc) is 3.33. The Morgan fingerprint density at radius 1 is 0.380 bits per heavy atom. The molecular formula is C36H26N3O6P3S2. The molecule has 0 aromatic heterocycles. The summed E-state index contributed by atoms with van der Waals surface area (Å²) in [5.41, 5.74) is 3.27. The van der Waals surface area contributed by atoms with Gasteiger partial charge in [-0.3, -0.25) is 0 Å². The summed E-state index contributed by atoms with van der Waals surface area (Å²) in [7, 11) is -11.6. The zero-order valence-electron chi connectivity index (χ0n) is 25.9. The predicted octanol–water partition coefficient (Wildman–Crippen LogP) is 12.9. The van der Waals surface area contributed by atoms with Crippen LogP contribution in [0.1, 0.15) is 0 Å². The van der Waals surface area contributed by atoms with E-state index < -0.39 is 23.0 Å². The van der Waals surface area contributed by atoms with E-state index in [1.165, 1.54) is 0 Å². The third-order valence-corrected chi connectivity index (χ3v) is 16.5. The summed E-state index contributed by atoms with van der Waals surface area (Å²) < 4.78 is 56.8. The van der Waals surface area contributed by atoms with Crippen LogP contribution < -0.4 is 27.1 Å². The van der Waals surface area contributed by atoms with Crippen molar-refractivity contribution in [2.24, 2.45) is 13.5 Å². The van der Waals surface area contributed by atoms with E-state index in [1.807, 2.05) is 121 Å². The second-order valence-electron chi connectivity index (χ2n) is 11.3. The maximum absolute atomic E-state index is 6.89. The molecule has 6 aromatic rings. The smallest absolute Gasteiger partial charge is 0.413 e. The van der Waals surface area contributed by atoms with E-state index in [9.17, 15) is 0 Å². The standard InChI is InChI=1S/C36H26N3O6P3S2/c49-27-21-17-25(18-22-27)40-46(41-26-19-23-28(50)24-20-26)37-47(42-33-13-5-1-9-29(33)30-10-2-6-14-34(30)43-47)39-48(38-46)44-35-15-7-3-11-31(35)32-12-4-8-16-36(32)45-48/h1-24,49-50H. The number of hydrogen-bond donors (Lipinski definition) is 2. The molecule has 0 bridgehead atoms. The Bertz CT molecular complexity index is 2220. The van der Waals surface area contributed by atoms with Gasteiger partial charge in [0.15, 0.2) is 0 Å². The maximum Gasteiger partial charge on any atom is 0.460 e. The Morgan fingerprint density at radius 2 is 0.700 bits per heavy atom. The molecule has 0 aliphatic carbocycles. The van der Waals surface area contributed by atoms with Gasteiger partial charge in [0.2, 0.25) is 0 Å². The van der Waals surface area contributed by atoms with E-state index >= 15 is 0 Å². The van der Waals surface area contributed by atoms with Gasteiger partial charge < -0.3 is 27.1 Å². The van der Waals surface area contributed by atoms with Crippen molar-refractivity contribution in [3.63, 3.8) is 0 Å². The van der Waals surface area contributed by atoms with Crippen LogP contribution in [0, 0.1) is 0 Å². The van der Waals surface area contributed by atoms with Crippen LogP contribution in [0.25, 0.3) is 22.3 Å². The quantitative estimate of drug-likeness (QED) is 0.138. The Labute approximate surface area is 299 Å². The third kappa shape index (κ3) is 5.89. The molecular weight excluding hydrogens is 727 g/mol. The van der Waals surface area contributed by atoms with Gasteiger partial charge in [0.1, 0.15) is 34.5 Å². The monoisotopic (exact) mass is 753 g/mol. The van der Waals surface area contributed by atoms with Crippen LogP contribution in [0.15, 0.2) is 169 Å². The SMILES string of the molecule is Sc1ccc(OP2(Oc3ccc(S)cc3)=NP3(=NP4(=N2)Oc2ccccc2-c2ccccc2O4)Oc2ccccc2-c2ccccc2O3)cc1. The predicted molar refractivity (Wildman–Crippen MR) is 203 cm³/mol. The molecule has 0 unspecified atom stereocenters. The minimum Gasteiger partial charge on any atom is -0.413 e. The molecule has 0 fully saturated rings. The van der Waals surface area contributed by atoms with Crippen LogP contribution in [0.2, 0.25) is 0 Å². The summed E-state index contributed by atoms with van der Waals surface area (Å²) in [5.74, 6) is 2.94. The van der Waals surface area contributed by atoms with Gasteiger partial charge in [-0.1, -0.05) is 86.3 Å². The van der Waals surface area contributed by atoms with E-state index in [4.69, 9.17) is 40.7 Å². The lowest BCUT2D eigenvalue weighted by Gasteiger charge is -2.32. The van der Waals surface area contributed by atoms with Crippen molar-refractivity contribution in [2.45, 2.75) is 9.79 Å². The van der Waals surface area contributed by atoms with Crippen molar-refractivity contribution in [3.05, 3.63) is 146 Å². The zero-order valence-corrected chi connectivity index (χ0v) is 30.4. The van der Waals surface area contributed by atoms with E-state index in [2.05, 4.69) is 25.3 Å². The lowest BCUT2D eigenvalue weighted by Crippen LogP contribution is -2.10. The molecule has 0 radical (unpaired) electrons. The minimum absolute atomic E-state index is 0.430.